The Kier molecular flexibility index (Phi) is 4.97. The molecule has 28 heavy (non-hydrogen) atoms. The third kappa shape index (κ3) is 3.82. The van der Waals surface area contributed by atoms with E-state index < -0.39 is 11.3 Å². The van der Waals surface area contributed by atoms with Gasteiger partial charge in [-0.05, 0) is 56.7 Å². The van der Waals surface area contributed by atoms with Crippen LogP contribution in [-0.4, -0.2) is 39.9 Å². The Hall–Kier alpha value is -2.61. The number of carbonyl (C=O) groups excluding carboxylic acids is 2. The molecule has 4 rings (SSSR count). The Bertz CT molecular complexity index is 951. The van der Waals surface area contributed by atoms with Crippen LogP contribution in [0, 0.1) is 0 Å². The van der Waals surface area contributed by atoms with E-state index in [1.807, 2.05) is 0 Å². The van der Waals surface area contributed by atoms with Crippen LogP contribution in [0.5, 0.6) is 0 Å². The highest BCUT2D eigenvalue weighted by Gasteiger charge is 2.34. The molecule has 2 fully saturated rings. The standard InChI is InChI=1S/C20H26N4O4/c21-20(7-4-8-20)12-17(25)22-14-5-6-16-15(11-14)24(19(27)28-16)13-18(26)23-9-2-1-3-10-23/h5-6,11H,1-4,7-10,12-13,21H2,(H,22,25). The van der Waals surface area contributed by atoms with Crippen molar-refractivity contribution >= 4 is 28.6 Å². The van der Waals surface area contributed by atoms with Gasteiger partial charge in [-0.15, -0.1) is 0 Å². The maximum absolute atomic E-state index is 12.6. The van der Waals surface area contributed by atoms with Crippen LogP contribution < -0.4 is 16.8 Å². The van der Waals surface area contributed by atoms with Gasteiger partial charge in [0.2, 0.25) is 11.8 Å². The highest BCUT2D eigenvalue weighted by Crippen LogP contribution is 2.32. The maximum atomic E-state index is 12.6. The number of benzene rings is 1. The van der Waals surface area contributed by atoms with Crippen LogP contribution in [0.4, 0.5) is 5.69 Å². The van der Waals surface area contributed by atoms with Gasteiger partial charge in [-0.3, -0.25) is 14.2 Å². The lowest BCUT2D eigenvalue weighted by molar-refractivity contribution is -0.132. The van der Waals surface area contributed by atoms with Crippen molar-refractivity contribution in [1.29, 1.82) is 0 Å². The molecule has 2 amide bonds. The number of hydrogen-bond donors (Lipinski definition) is 2. The van der Waals surface area contributed by atoms with Crippen molar-refractivity contribution in [3.05, 3.63) is 28.7 Å². The lowest BCUT2D eigenvalue weighted by Crippen LogP contribution is -2.48. The number of nitrogens with two attached hydrogens (primary N) is 1. The van der Waals surface area contributed by atoms with E-state index in [4.69, 9.17) is 10.2 Å². The summed E-state index contributed by atoms with van der Waals surface area (Å²) in [5.41, 5.74) is 7.19. The zero-order chi connectivity index (χ0) is 19.7. The molecule has 0 bridgehead atoms. The predicted molar refractivity (Wildman–Crippen MR) is 105 cm³/mol. The zero-order valence-electron chi connectivity index (χ0n) is 15.9. The van der Waals surface area contributed by atoms with Crippen LogP contribution >= 0.6 is 0 Å². The molecular weight excluding hydrogens is 360 g/mol. The second-order valence-electron chi connectivity index (χ2n) is 8.02. The van der Waals surface area contributed by atoms with Gasteiger partial charge >= 0.3 is 5.76 Å². The molecule has 3 N–H and O–H groups in total. The molecule has 1 aliphatic carbocycles. The average molecular weight is 386 g/mol. The lowest BCUT2D eigenvalue weighted by atomic mass is 9.75. The largest absolute Gasteiger partial charge is 0.420 e. The molecule has 1 aromatic heterocycles. The van der Waals surface area contributed by atoms with E-state index in [2.05, 4.69) is 5.32 Å². The highest BCUT2D eigenvalue weighted by molar-refractivity contribution is 5.93. The van der Waals surface area contributed by atoms with Crippen molar-refractivity contribution in [2.75, 3.05) is 18.4 Å². The number of hydrogen-bond acceptors (Lipinski definition) is 5. The number of rotatable bonds is 5. The van der Waals surface area contributed by atoms with Crippen molar-refractivity contribution in [3.8, 4) is 0 Å². The minimum atomic E-state index is -0.570. The first kappa shape index (κ1) is 18.7. The van der Waals surface area contributed by atoms with Gasteiger partial charge in [-0.25, -0.2) is 4.79 Å². The second-order valence-corrected chi connectivity index (χ2v) is 8.02. The Morgan fingerprint density at radius 2 is 1.89 bits per heavy atom. The van der Waals surface area contributed by atoms with Crippen LogP contribution in [0.2, 0.25) is 0 Å². The summed E-state index contributed by atoms with van der Waals surface area (Å²) in [5.74, 6) is -0.809. The molecule has 0 unspecified atom stereocenters. The smallest absolute Gasteiger partial charge is 0.408 e. The monoisotopic (exact) mass is 386 g/mol. The van der Waals surface area contributed by atoms with Gasteiger partial charge in [0.25, 0.3) is 0 Å². The number of nitrogens with one attached hydrogen (secondary N) is 1. The fraction of sp³-hybridized carbons (Fsp3) is 0.550. The van der Waals surface area contributed by atoms with Crippen LogP contribution in [-0.2, 0) is 16.1 Å². The Labute approximate surface area is 162 Å². The Balaban J connectivity index is 1.51. The number of fused-ring (bicyclic) bond motifs is 1. The van der Waals surface area contributed by atoms with Gasteiger partial charge in [0, 0.05) is 30.7 Å². The summed E-state index contributed by atoms with van der Waals surface area (Å²) in [7, 11) is 0. The Morgan fingerprint density at radius 3 is 2.57 bits per heavy atom. The summed E-state index contributed by atoms with van der Waals surface area (Å²) >= 11 is 0. The molecule has 1 aliphatic heterocycles. The third-order valence-electron chi connectivity index (χ3n) is 5.82. The van der Waals surface area contributed by atoms with Crippen LogP contribution in [0.1, 0.15) is 44.9 Å². The van der Waals surface area contributed by atoms with Gasteiger partial charge in [-0.2, -0.15) is 0 Å². The first-order chi connectivity index (χ1) is 13.4. The van der Waals surface area contributed by atoms with Crippen molar-refractivity contribution in [3.63, 3.8) is 0 Å². The molecule has 2 aromatic rings. The summed E-state index contributed by atoms with van der Waals surface area (Å²) in [6.45, 7) is 1.40. The SMILES string of the molecule is NC1(CC(=O)Nc2ccc3oc(=O)n(CC(=O)N4CCCCC4)c3c2)CCC1. The summed E-state index contributed by atoms with van der Waals surface area (Å²) in [5, 5.41) is 2.84. The molecule has 150 valence electrons. The fourth-order valence-corrected chi connectivity index (χ4v) is 4.00. The van der Waals surface area contributed by atoms with Gasteiger partial charge < -0.3 is 20.4 Å². The summed E-state index contributed by atoms with van der Waals surface area (Å²) < 4.78 is 6.59. The number of aromatic nitrogens is 1. The molecule has 1 aromatic carbocycles. The maximum Gasteiger partial charge on any atom is 0.420 e. The van der Waals surface area contributed by atoms with Crippen LogP contribution in [0.25, 0.3) is 11.1 Å². The van der Waals surface area contributed by atoms with Crippen LogP contribution in [0.3, 0.4) is 0 Å². The normalized spacial score (nSPS) is 18.7. The Morgan fingerprint density at radius 1 is 1.14 bits per heavy atom. The van der Waals surface area contributed by atoms with Crippen molar-refractivity contribution in [1.82, 2.24) is 9.47 Å². The molecule has 1 saturated heterocycles. The molecule has 8 nitrogen and oxygen atoms in total. The lowest BCUT2D eigenvalue weighted by Gasteiger charge is -2.37. The van der Waals surface area contributed by atoms with Gasteiger partial charge in [-0.1, -0.05) is 0 Å². The molecular formula is C20H26N4O4. The zero-order valence-corrected chi connectivity index (χ0v) is 15.9. The number of nitrogens with zero attached hydrogens (tertiary/aromatic N) is 2. The second kappa shape index (κ2) is 7.43. The highest BCUT2D eigenvalue weighted by atomic mass is 16.4. The molecule has 2 aliphatic rings. The minimum Gasteiger partial charge on any atom is -0.408 e. The summed E-state index contributed by atoms with van der Waals surface area (Å²) in [6, 6.07) is 4.99. The molecule has 2 heterocycles. The minimum absolute atomic E-state index is 0.0604. The van der Waals surface area contributed by atoms with E-state index in [0.29, 0.717) is 16.8 Å². The van der Waals surface area contributed by atoms with Crippen molar-refractivity contribution < 1.29 is 14.0 Å². The average Bonchev–Trinajstić information content (AvgIpc) is 2.96. The van der Waals surface area contributed by atoms with E-state index in [9.17, 15) is 14.4 Å². The number of amides is 2. The number of carbonyl (C=O) groups is 2. The molecule has 0 radical (unpaired) electrons. The number of oxazole rings is 1. The molecule has 8 heteroatoms. The summed E-state index contributed by atoms with van der Waals surface area (Å²) in [4.78, 5) is 38.9. The van der Waals surface area contributed by atoms with Crippen molar-refractivity contribution in [2.45, 2.75) is 57.0 Å². The van der Waals surface area contributed by atoms with E-state index in [0.717, 1.165) is 51.6 Å². The summed E-state index contributed by atoms with van der Waals surface area (Å²) in [6.07, 6.45) is 6.17. The van der Waals surface area contributed by atoms with E-state index in [-0.39, 0.29) is 24.8 Å². The first-order valence-electron chi connectivity index (χ1n) is 9.93. The van der Waals surface area contributed by atoms with Gasteiger partial charge in [0.05, 0.1) is 5.52 Å². The van der Waals surface area contributed by atoms with Gasteiger partial charge in [0.1, 0.15) is 6.54 Å². The van der Waals surface area contributed by atoms with Crippen molar-refractivity contribution in [2.24, 2.45) is 5.73 Å². The van der Waals surface area contributed by atoms with Gasteiger partial charge in [0.15, 0.2) is 5.58 Å². The molecule has 1 saturated carbocycles. The van der Waals surface area contributed by atoms with E-state index in [1.165, 1.54) is 4.57 Å². The topological polar surface area (TPSA) is 111 Å². The van der Waals surface area contributed by atoms with Crippen LogP contribution in [0.15, 0.2) is 27.4 Å². The third-order valence-corrected chi connectivity index (χ3v) is 5.82. The molecule has 0 spiro atoms. The predicted octanol–water partition coefficient (Wildman–Crippen LogP) is 1.82. The quantitative estimate of drug-likeness (QED) is 0.814. The number of anilines is 1. The fourth-order valence-electron chi connectivity index (χ4n) is 4.00. The number of piperidine rings is 1. The number of likely N-dealkylation sites (tertiary alicyclic amines) is 1. The van der Waals surface area contributed by atoms with E-state index in [1.54, 1.807) is 23.1 Å². The molecule has 0 atom stereocenters. The first-order valence-corrected chi connectivity index (χ1v) is 9.93. The van der Waals surface area contributed by atoms with E-state index >= 15 is 0 Å².